The molecule has 0 radical (unpaired) electrons. The molecule has 9 heavy (non-hydrogen) atoms. The van der Waals surface area contributed by atoms with Gasteiger partial charge >= 0.3 is 0 Å². The summed E-state index contributed by atoms with van der Waals surface area (Å²) in [6.45, 7) is 4.05. The minimum absolute atomic E-state index is 0.750. The highest BCUT2D eigenvalue weighted by molar-refractivity contribution is 6.31. The molecular weight excluding hydrogens is 134 g/mol. The van der Waals surface area contributed by atoms with Gasteiger partial charge in [-0.15, -0.1) is 0 Å². The molecule has 0 amide bonds. The molecule has 0 aromatic rings. The van der Waals surface area contributed by atoms with Gasteiger partial charge in [-0.2, -0.15) is 0 Å². The summed E-state index contributed by atoms with van der Waals surface area (Å²) in [5.74, 6) is 0. The van der Waals surface area contributed by atoms with Gasteiger partial charge in [-0.1, -0.05) is 24.1 Å². The first-order chi connectivity index (χ1) is 4.22. The summed E-state index contributed by atoms with van der Waals surface area (Å²) < 4.78 is 0. The van der Waals surface area contributed by atoms with Crippen LogP contribution in [0.2, 0.25) is 0 Å². The van der Waals surface area contributed by atoms with Crippen molar-refractivity contribution in [3.63, 3.8) is 0 Å². The zero-order chi connectivity index (χ0) is 7.28. The van der Waals surface area contributed by atoms with Gasteiger partial charge in [0, 0.05) is 5.03 Å². The summed E-state index contributed by atoms with van der Waals surface area (Å²) in [4.78, 5) is 0. The van der Waals surface area contributed by atoms with Crippen molar-refractivity contribution < 1.29 is 0 Å². The second kappa shape index (κ2) is 4.45. The molecule has 0 aliphatic rings. The Kier molecular flexibility index (Phi) is 4.24. The predicted octanol–water partition coefficient (Wildman–Crippen LogP) is 2.38. The van der Waals surface area contributed by atoms with Crippen molar-refractivity contribution in [2.24, 2.45) is 5.73 Å². The van der Waals surface area contributed by atoms with Crippen molar-refractivity contribution in [1.29, 1.82) is 0 Å². The van der Waals surface area contributed by atoms with Gasteiger partial charge in [0.15, 0.2) is 0 Å². The van der Waals surface area contributed by atoms with E-state index in [2.05, 4.69) is 6.92 Å². The molecule has 2 heteroatoms. The van der Waals surface area contributed by atoms with E-state index in [9.17, 15) is 0 Å². The Balaban J connectivity index is 4.10. The molecule has 52 valence electrons. The van der Waals surface area contributed by atoms with Crippen LogP contribution in [-0.4, -0.2) is 0 Å². The molecular formula is C7H12ClN. The molecule has 0 spiro atoms. The fourth-order valence-electron chi connectivity index (χ4n) is 0.396. The third kappa shape index (κ3) is 3.20. The Labute approximate surface area is 61.2 Å². The van der Waals surface area contributed by atoms with Crippen LogP contribution in [0.1, 0.15) is 20.3 Å². The highest BCUT2D eigenvalue weighted by atomic mass is 35.5. The lowest BCUT2D eigenvalue weighted by molar-refractivity contribution is 1.09. The molecule has 0 aromatic heterocycles. The first-order valence-corrected chi connectivity index (χ1v) is 3.33. The molecule has 0 aromatic carbocycles. The van der Waals surface area contributed by atoms with Crippen LogP contribution in [0.15, 0.2) is 22.9 Å². The molecule has 2 N–H and O–H groups in total. The number of hydrogen-bond acceptors (Lipinski definition) is 1. The summed E-state index contributed by atoms with van der Waals surface area (Å²) in [5.41, 5.74) is 6.29. The normalized spacial score (nSPS) is 14.1. The second-order valence-corrected chi connectivity index (χ2v) is 2.25. The Morgan fingerprint density at radius 2 is 2.22 bits per heavy atom. The van der Waals surface area contributed by atoms with Gasteiger partial charge in [-0.3, -0.25) is 0 Å². The molecule has 0 bridgehead atoms. The monoisotopic (exact) mass is 145 g/mol. The number of halogens is 1. The first-order valence-electron chi connectivity index (χ1n) is 2.95. The Morgan fingerprint density at radius 1 is 1.67 bits per heavy atom. The summed E-state index contributed by atoms with van der Waals surface area (Å²) >= 11 is 5.74. The van der Waals surface area contributed by atoms with Gasteiger partial charge in [0.2, 0.25) is 0 Å². The maximum atomic E-state index is 5.74. The lowest BCUT2D eigenvalue weighted by Gasteiger charge is -1.94. The molecule has 1 nitrogen and oxygen atoms in total. The third-order valence-corrected chi connectivity index (χ3v) is 1.63. The van der Waals surface area contributed by atoms with E-state index in [0.717, 1.165) is 11.5 Å². The molecule has 0 aliphatic carbocycles. The van der Waals surface area contributed by atoms with Crippen LogP contribution in [0.4, 0.5) is 0 Å². The van der Waals surface area contributed by atoms with E-state index in [0.29, 0.717) is 0 Å². The van der Waals surface area contributed by atoms with Crippen LogP contribution in [0.5, 0.6) is 0 Å². The highest BCUT2D eigenvalue weighted by Gasteiger charge is 1.89. The lowest BCUT2D eigenvalue weighted by Crippen LogP contribution is -1.79. The first kappa shape index (κ1) is 8.57. The summed E-state index contributed by atoms with van der Waals surface area (Å²) in [5, 5.41) is 0.750. The molecule has 0 saturated heterocycles. The van der Waals surface area contributed by atoms with E-state index in [1.54, 1.807) is 6.08 Å². The molecule has 0 aliphatic heterocycles. The fraction of sp³-hybridized carbons (Fsp3) is 0.429. The van der Waals surface area contributed by atoms with Crippen LogP contribution in [0.3, 0.4) is 0 Å². The molecule has 0 rings (SSSR count). The third-order valence-electron chi connectivity index (χ3n) is 1.18. The molecule has 0 atom stereocenters. The smallest absolute Gasteiger partial charge is 0.0409 e. The van der Waals surface area contributed by atoms with Gasteiger partial charge in [0.05, 0.1) is 0 Å². The quantitative estimate of drug-likeness (QED) is 0.594. The van der Waals surface area contributed by atoms with E-state index in [-0.39, 0.29) is 0 Å². The standard InChI is InChI=1S/C7H12ClN/c1-3-6(2)7(8)4-5-9/h4-5H,3,9H2,1-2H3/b5-4-,7-6+. The van der Waals surface area contributed by atoms with Crippen molar-refractivity contribution >= 4 is 11.6 Å². The van der Waals surface area contributed by atoms with Crippen molar-refractivity contribution in [1.82, 2.24) is 0 Å². The lowest BCUT2D eigenvalue weighted by atomic mass is 10.2. The van der Waals surface area contributed by atoms with Crippen molar-refractivity contribution in [3.05, 3.63) is 22.9 Å². The number of hydrogen-bond donors (Lipinski definition) is 1. The number of allylic oxidation sites excluding steroid dienone is 3. The van der Waals surface area contributed by atoms with Crippen LogP contribution in [0.25, 0.3) is 0 Å². The van der Waals surface area contributed by atoms with E-state index in [4.69, 9.17) is 17.3 Å². The molecule has 0 fully saturated rings. The Hall–Kier alpha value is -0.430. The van der Waals surface area contributed by atoms with Crippen LogP contribution in [0, 0.1) is 0 Å². The number of nitrogens with two attached hydrogens (primary N) is 1. The average molecular weight is 146 g/mol. The summed E-state index contributed by atoms with van der Waals surface area (Å²) in [6.07, 6.45) is 4.12. The van der Waals surface area contributed by atoms with Crippen LogP contribution < -0.4 is 5.73 Å². The maximum absolute atomic E-state index is 5.74. The van der Waals surface area contributed by atoms with Crippen molar-refractivity contribution in [3.8, 4) is 0 Å². The fourth-order valence-corrected chi connectivity index (χ4v) is 0.602. The maximum Gasteiger partial charge on any atom is 0.0409 e. The van der Waals surface area contributed by atoms with Crippen LogP contribution in [-0.2, 0) is 0 Å². The van der Waals surface area contributed by atoms with Gasteiger partial charge in [-0.05, 0) is 25.6 Å². The zero-order valence-corrected chi connectivity index (χ0v) is 6.57. The van der Waals surface area contributed by atoms with Crippen molar-refractivity contribution in [2.75, 3.05) is 0 Å². The highest BCUT2D eigenvalue weighted by Crippen LogP contribution is 2.12. The predicted molar refractivity (Wildman–Crippen MR) is 42.2 cm³/mol. The SMILES string of the molecule is CC/C(C)=C(Cl)\C=C/N. The minimum Gasteiger partial charge on any atom is -0.405 e. The Bertz CT molecular complexity index is 136. The summed E-state index contributed by atoms with van der Waals surface area (Å²) in [7, 11) is 0. The second-order valence-electron chi connectivity index (χ2n) is 1.84. The zero-order valence-electron chi connectivity index (χ0n) is 5.82. The largest absolute Gasteiger partial charge is 0.405 e. The van der Waals surface area contributed by atoms with E-state index >= 15 is 0 Å². The number of rotatable bonds is 2. The van der Waals surface area contributed by atoms with Crippen LogP contribution >= 0.6 is 11.6 Å². The van der Waals surface area contributed by atoms with Gasteiger partial charge in [0.25, 0.3) is 0 Å². The van der Waals surface area contributed by atoms with Crippen molar-refractivity contribution in [2.45, 2.75) is 20.3 Å². The van der Waals surface area contributed by atoms with Gasteiger partial charge in [0.1, 0.15) is 0 Å². The molecule has 0 heterocycles. The van der Waals surface area contributed by atoms with E-state index in [1.165, 1.54) is 11.8 Å². The average Bonchev–Trinajstić information content (AvgIpc) is 1.87. The topological polar surface area (TPSA) is 26.0 Å². The van der Waals surface area contributed by atoms with Gasteiger partial charge < -0.3 is 5.73 Å². The summed E-state index contributed by atoms with van der Waals surface area (Å²) in [6, 6.07) is 0. The van der Waals surface area contributed by atoms with E-state index < -0.39 is 0 Å². The molecule has 0 saturated carbocycles. The minimum atomic E-state index is 0.750. The Morgan fingerprint density at radius 3 is 2.56 bits per heavy atom. The van der Waals surface area contributed by atoms with E-state index in [1.807, 2.05) is 6.92 Å². The van der Waals surface area contributed by atoms with Gasteiger partial charge in [-0.25, -0.2) is 0 Å². The molecule has 0 unspecified atom stereocenters.